The second-order valence-electron chi connectivity index (χ2n) is 5.82. The Balaban J connectivity index is 1.73. The third-order valence-electron chi connectivity index (χ3n) is 4.09. The van der Waals surface area contributed by atoms with Crippen molar-refractivity contribution in [2.24, 2.45) is 0 Å². The number of nitrogens with zero attached hydrogens (tertiary/aromatic N) is 1. The van der Waals surface area contributed by atoms with Crippen LogP contribution in [0.2, 0.25) is 0 Å². The number of para-hydroxylation sites is 1. The van der Waals surface area contributed by atoms with Crippen LogP contribution < -0.4 is 4.90 Å². The highest BCUT2D eigenvalue weighted by molar-refractivity contribution is 5.99. The van der Waals surface area contributed by atoms with Gasteiger partial charge in [-0.15, -0.1) is 0 Å². The van der Waals surface area contributed by atoms with Gasteiger partial charge in [-0.2, -0.15) is 0 Å². The molecule has 1 aliphatic heterocycles. The Labute approximate surface area is 140 Å². The number of hydrogen-bond donors (Lipinski definition) is 1. The number of rotatable bonds is 3. The Morgan fingerprint density at radius 2 is 1.96 bits per heavy atom. The Morgan fingerprint density at radius 3 is 2.75 bits per heavy atom. The molecule has 1 unspecified atom stereocenters. The highest BCUT2D eigenvalue weighted by Gasteiger charge is 2.28. The average Bonchev–Trinajstić information content (AvgIpc) is 2.60. The standard InChI is InChI=1S/C19H19NO4/c1-13(24-19(23)15-7-4-9-16(21)12-15)18(22)20-11-5-8-14-6-2-3-10-17(14)20/h2-4,6-7,9-10,12-13,21H,5,8,11H2,1H3. The number of fused-ring (bicyclic) bond motifs is 1. The van der Waals surface area contributed by atoms with E-state index < -0.39 is 12.1 Å². The van der Waals surface area contributed by atoms with Gasteiger partial charge in [0.2, 0.25) is 0 Å². The third-order valence-corrected chi connectivity index (χ3v) is 4.09. The Kier molecular flexibility index (Phi) is 4.51. The zero-order valence-corrected chi connectivity index (χ0v) is 13.4. The average molecular weight is 325 g/mol. The highest BCUT2D eigenvalue weighted by Crippen LogP contribution is 2.27. The lowest BCUT2D eigenvalue weighted by atomic mass is 10.0. The Bertz CT molecular complexity index is 771. The van der Waals surface area contributed by atoms with Crippen LogP contribution in [0.4, 0.5) is 5.69 Å². The normalized spacial score (nSPS) is 14.6. The summed E-state index contributed by atoms with van der Waals surface area (Å²) in [6.45, 7) is 2.18. The fourth-order valence-corrected chi connectivity index (χ4v) is 2.89. The van der Waals surface area contributed by atoms with E-state index in [0.717, 1.165) is 24.1 Å². The molecule has 24 heavy (non-hydrogen) atoms. The molecule has 0 saturated carbocycles. The fourth-order valence-electron chi connectivity index (χ4n) is 2.89. The van der Waals surface area contributed by atoms with Crippen molar-refractivity contribution in [3.8, 4) is 5.75 Å². The summed E-state index contributed by atoms with van der Waals surface area (Å²) in [5.41, 5.74) is 2.23. The van der Waals surface area contributed by atoms with Crippen LogP contribution in [0.1, 0.15) is 29.3 Å². The Morgan fingerprint density at radius 1 is 1.17 bits per heavy atom. The van der Waals surface area contributed by atoms with Crippen LogP contribution in [0.15, 0.2) is 48.5 Å². The minimum absolute atomic E-state index is 0.0200. The van der Waals surface area contributed by atoms with Crippen molar-refractivity contribution in [3.05, 3.63) is 59.7 Å². The number of phenols is 1. The first kappa shape index (κ1) is 16.1. The molecule has 1 heterocycles. The summed E-state index contributed by atoms with van der Waals surface area (Å²) in [5.74, 6) is -0.888. The van der Waals surface area contributed by atoms with Crippen LogP contribution in [-0.2, 0) is 16.0 Å². The van der Waals surface area contributed by atoms with Crippen molar-refractivity contribution in [1.82, 2.24) is 0 Å². The zero-order chi connectivity index (χ0) is 17.1. The summed E-state index contributed by atoms with van der Waals surface area (Å²) in [7, 11) is 0. The summed E-state index contributed by atoms with van der Waals surface area (Å²) in [6.07, 6.45) is 0.930. The first-order valence-electron chi connectivity index (χ1n) is 7.95. The molecule has 1 aliphatic rings. The first-order chi connectivity index (χ1) is 11.6. The molecule has 3 rings (SSSR count). The van der Waals surface area contributed by atoms with E-state index in [2.05, 4.69) is 0 Å². The lowest BCUT2D eigenvalue weighted by Gasteiger charge is -2.31. The number of ether oxygens (including phenoxy) is 1. The fraction of sp³-hybridized carbons (Fsp3) is 0.263. The summed E-state index contributed by atoms with van der Waals surface area (Å²) in [6, 6.07) is 13.7. The number of carbonyl (C=O) groups excluding carboxylic acids is 2. The molecule has 0 aliphatic carbocycles. The van der Waals surface area contributed by atoms with Gasteiger partial charge in [0.15, 0.2) is 6.10 Å². The van der Waals surface area contributed by atoms with Crippen molar-refractivity contribution < 1.29 is 19.4 Å². The number of esters is 1. The molecule has 2 aromatic carbocycles. The molecule has 0 spiro atoms. The topological polar surface area (TPSA) is 66.8 Å². The summed E-state index contributed by atoms with van der Waals surface area (Å²) in [5, 5.41) is 9.44. The summed E-state index contributed by atoms with van der Waals surface area (Å²) < 4.78 is 5.28. The lowest BCUT2D eigenvalue weighted by molar-refractivity contribution is -0.126. The van der Waals surface area contributed by atoms with E-state index in [9.17, 15) is 14.7 Å². The van der Waals surface area contributed by atoms with Crippen LogP contribution in [0.3, 0.4) is 0 Å². The molecule has 0 aromatic heterocycles. The van der Waals surface area contributed by atoms with Gasteiger partial charge in [-0.1, -0.05) is 24.3 Å². The maximum atomic E-state index is 12.7. The molecule has 5 nitrogen and oxygen atoms in total. The molecular weight excluding hydrogens is 306 g/mol. The number of benzene rings is 2. The third kappa shape index (κ3) is 3.25. The predicted octanol–water partition coefficient (Wildman–Crippen LogP) is 2.92. The van der Waals surface area contributed by atoms with Gasteiger partial charge in [-0.05, 0) is 49.6 Å². The maximum Gasteiger partial charge on any atom is 0.339 e. The number of amides is 1. The number of hydrogen-bond acceptors (Lipinski definition) is 4. The van der Waals surface area contributed by atoms with Gasteiger partial charge in [0.25, 0.3) is 5.91 Å². The van der Waals surface area contributed by atoms with Crippen molar-refractivity contribution >= 4 is 17.6 Å². The molecule has 0 radical (unpaired) electrons. The smallest absolute Gasteiger partial charge is 0.339 e. The van der Waals surface area contributed by atoms with Crippen LogP contribution in [-0.4, -0.2) is 29.6 Å². The number of aryl methyl sites for hydroxylation is 1. The van der Waals surface area contributed by atoms with E-state index in [1.807, 2.05) is 24.3 Å². The van der Waals surface area contributed by atoms with Crippen LogP contribution in [0, 0.1) is 0 Å². The number of carbonyl (C=O) groups is 2. The molecule has 0 saturated heterocycles. The van der Waals surface area contributed by atoms with Crippen LogP contribution in [0.5, 0.6) is 5.75 Å². The SMILES string of the molecule is CC(OC(=O)c1cccc(O)c1)C(=O)N1CCCc2ccccc21. The molecule has 124 valence electrons. The molecule has 5 heteroatoms. The van der Waals surface area contributed by atoms with E-state index in [1.54, 1.807) is 17.9 Å². The molecule has 1 atom stereocenters. The maximum absolute atomic E-state index is 12.7. The number of anilines is 1. The lowest BCUT2D eigenvalue weighted by Crippen LogP contribution is -2.42. The summed E-state index contributed by atoms with van der Waals surface area (Å²) >= 11 is 0. The minimum Gasteiger partial charge on any atom is -0.508 e. The van der Waals surface area contributed by atoms with E-state index in [1.165, 1.54) is 18.2 Å². The second-order valence-corrected chi connectivity index (χ2v) is 5.82. The molecule has 2 aromatic rings. The van der Waals surface area contributed by atoms with Gasteiger partial charge in [0, 0.05) is 12.2 Å². The van der Waals surface area contributed by atoms with Crippen LogP contribution in [0.25, 0.3) is 0 Å². The van der Waals surface area contributed by atoms with Gasteiger partial charge < -0.3 is 14.7 Å². The predicted molar refractivity (Wildman–Crippen MR) is 90.1 cm³/mol. The summed E-state index contributed by atoms with van der Waals surface area (Å²) in [4.78, 5) is 26.5. The molecule has 1 amide bonds. The van der Waals surface area contributed by atoms with Crippen LogP contribution >= 0.6 is 0 Å². The van der Waals surface area contributed by atoms with Gasteiger partial charge in [0.05, 0.1) is 5.56 Å². The second kappa shape index (κ2) is 6.74. The van der Waals surface area contributed by atoms with E-state index >= 15 is 0 Å². The van der Waals surface area contributed by atoms with Gasteiger partial charge in [-0.3, -0.25) is 4.79 Å². The van der Waals surface area contributed by atoms with Crippen molar-refractivity contribution in [2.45, 2.75) is 25.9 Å². The molecular formula is C19H19NO4. The van der Waals surface area contributed by atoms with E-state index in [0.29, 0.717) is 6.54 Å². The van der Waals surface area contributed by atoms with E-state index in [4.69, 9.17) is 4.74 Å². The monoisotopic (exact) mass is 325 g/mol. The largest absolute Gasteiger partial charge is 0.508 e. The first-order valence-corrected chi connectivity index (χ1v) is 7.95. The Hall–Kier alpha value is -2.82. The van der Waals surface area contributed by atoms with Crippen molar-refractivity contribution in [1.29, 1.82) is 0 Å². The van der Waals surface area contributed by atoms with Crippen molar-refractivity contribution in [3.63, 3.8) is 0 Å². The molecule has 0 fully saturated rings. The molecule has 0 bridgehead atoms. The zero-order valence-electron chi connectivity index (χ0n) is 13.4. The number of aromatic hydroxyl groups is 1. The van der Waals surface area contributed by atoms with Gasteiger partial charge in [-0.25, -0.2) is 4.79 Å². The minimum atomic E-state index is -0.897. The number of phenolic OH excluding ortho intramolecular Hbond substituents is 1. The van der Waals surface area contributed by atoms with Crippen molar-refractivity contribution in [2.75, 3.05) is 11.4 Å². The van der Waals surface area contributed by atoms with E-state index in [-0.39, 0.29) is 17.2 Å². The van der Waals surface area contributed by atoms with Gasteiger partial charge in [0.1, 0.15) is 5.75 Å². The highest BCUT2D eigenvalue weighted by atomic mass is 16.5. The quantitative estimate of drug-likeness (QED) is 0.881. The van der Waals surface area contributed by atoms with Gasteiger partial charge >= 0.3 is 5.97 Å². The molecule has 1 N–H and O–H groups in total.